The molecule has 0 aromatic heterocycles. The van der Waals surface area contributed by atoms with Crippen LogP contribution in [0.15, 0.2) is 23.8 Å². The van der Waals surface area contributed by atoms with Crippen LogP contribution in [-0.4, -0.2) is 6.36 Å². The summed E-state index contributed by atoms with van der Waals surface area (Å²) in [6.07, 6.45) is 15.6. The summed E-state index contributed by atoms with van der Waals surface area (Å²) in [4.78, 5) is 0. The third kappa shape index (κ3) is 7.67. The van der Waals surface area contributed by atoms with E-state index >= 15 is 0 Å². The van der Waals surface area contributed by atoms with Gasteiger partial charge in [-0.1, -0.05) is 88.8 Å². The fraction of sp³-hybridized carbons (Fsp3) is 0.692. The van der Waals surface area contributed by atoms with Gasteiger partial charge in [-0.15, -0.1) is 13.2 Å². The summed E-state index contributed by atoms with van der Waals surface area (Å²) in [6, 6.07) is 4.73. The maximum atomic E-state index is 12.4. The number of fused-ring (bicyclic) bond motifs is 1. The highest BCUT2D eigenvalue weighted by Gasteiger charge is 2.31. The van der Waals surface area contributed by atoms with Gasteiger partial charge in [0.05, 0.1) is 0 Å². The van der Waals surface area contributed by atoms with Crippen molar-refractivity contribution in [1.82, 2.24) is 0 Å². The molecule has 0 heterocycles. The van der Waals surface area contributed by atoms with E-state index in [1.807, 2.05) is 0 Å². The lowest BCUT2D eigenvalue weighted by molar-refractivity contribution is -0.274. The molecular formula is C26H37F3O. The molecule has 0 atom stereocenters. The highest BCUT2D eigenvalue weighted by molar-refractivity contribution is 5.61. The molecular weight excluding hydrogens is 385 g/mol. The van der Waals surface area contributed by atoms with Crippen molar-refractivity contribution in [2.75, 3.05) is 0 Å². The van der Waals surface area contributed by atoms with Crippen LogP contribution in [-0.2, 0) is 6.42 Å². The molecule has 0 bridgehead atoms. The summed E-state index contributed by atoms with van der Waals surface area (Å²) >= 11 is 0. The minimum atomic E-state index is -4.63. The SMILES string of the molecule is CCCCCCCC1CCC(CCC2=Cc3ccc(OC(F)(F)F)cc3CC2)CC1. The van der Waals surface area contributed by atoms with E-state index in [9.17, 15) is 13.2 Å². The minimum absolute atomic E-state index is 0.111. The molecule has 3 rings (SSSR count). The number of halogens is 3. The van der Waals surface area contributed by atoms with E-state index in [2.05, 4.69) is 17.7 Å². The quantitative estimate of drug-likeness (QED) is 0.342. The van der Waals surface area contributed by atoms with Crippen molar-refractivity contribution in [1.29, 1.82) is 0 Å². The first-order valence-corrected chi connectivity index (χ1v) is 12.0. The van der Waals surface area contributed by atoms with E-state index in [4.69, 9.17) is 0 Å². The lowest BCUT2D eigenvalue weighted by atomic mass is 9.77. The van der Waals surface area contributed by atoms with Crippen LogP contribution < -0.4 is 4.74 Å². The van der Waals surface area contributed by atoms with E-state index in [0.717, 1.165) is 42.2 Å². The summed E-state index contributed by atoms with van der Waals surface area (Å²) in [5, 5.41) is 0. The van der Waals surface area contributed by atoms with E-state index in [-0.39, 0.29) is 5.75 Å². The fourth-order valence-corrected chi connectivity index (χ4v) is 5.16. The molecule has 2 aliphatic rings. The van der Waals surface area contributed by atoms with Gasteiger partial charge in [-0.05, 0) is 60.8 Å². The predicted molar refractivity (Wildman–Crippen MR) is 117 cm³/mol. The molecule has 168 valence electrons. The molecule has 2 aliphatic carbocycles. The molecule has 1 saturated carbocycles. The van der Waals surface area contributed by atoms with Gasteiger partial charge in [-0.3, -0.25) is 0 Å². The number of ether oxygens (including phenoxy) is 1. The first-order valence-electron chi connectivity index (χ1n) is 12.0. The molecule has 0 unspecified atom stereocenters. The maximum absolute atomic E-state index is 12.4. The van der Waals surface area contributed by atoms with Crippen LogP contribution in [0.5, 0.6) is 5.75 Å². The largest absolute Gasteiger partial charge is 0.573 e. The smallest absolute Gasteiger partial charge is 0.406 e. The zero-order chi connectivity index (χ0) is 21.4. The number of alkyl halides is 3. The van der Waals surface area contributed by atoms with Gasteiger partial charge in [0.15, 0.2) is 0 Å². The second-order valence-electron chi connectivity index (χ2n) is 9.34. The van der Waals surface area contributed by atoms with Crippen LogP contribution >= 0.6 is 0 Å². The van der Waals surface area contributed by atoms with Gasteiger partial charge in [0.2, 0.25) is 0 Å². The third-order valence-electron chi connectivity index (χ3n) is 6.98. The number of allylic oxidation sites excluding steroid dienone is 1. The lowest BCUT2D eigenvalue weighted by Crippen LogP contribution is -2.17. The normalized spacial score (nSPS) is 21.8. The van der Waals surface area contributed by atoms with Crippen molar-refractivity contribution in [3.63, 3.8) is 0 Å². The van der Waals surface area contributed by atoms with E-state index in [1.165, 1.54) is 82.3 Å². The topological polar surface area (TPSA) is 9.23 Å². The number of aryl methyl sites for hydroxylation is 1. The third-order valence-corrected chi connectivity index (χ3v) is 6.98. The van der Waals surface area contributed by atoms with Gasteiger partial charge in [-0.2, -0.15) is 0 Å². The summed E-state index contributed by atoms with van der Waals surface area (Å²) in [6.45, 7) is 2.27. The molecule has 1 aromatic carbocycles. The standard InChI is InChI=1S/C26H37F3O/c1-2-3-4-5-6-7-20-8-10-21(11-9-20)12-13-22-14-15-24-19-25(30-26(27,28)29)17-16-23(24)18-22/h16-21H,2-15H2,1H3. The Morgan fingerprint density at radius 1 is 0.900 bits per heavy atom. The van der Waals surface area contributed by atoms with Gasteiger partial charge in [0.1, 0.15) is 5.75 Å². The monoisotopic (exact) mass is 422 g/mol. The van der Waals surface area contributed by atoms with Crippen LogP contribution in [0.4, 0.5) is 13.2 Å². The van der Waals surface area contributed by atoms with Crippen LogP contribution in [0.1, 0.15) is 102 Å². The Bertz CT molecular complexity index is 684. The second-order valence-corrected chi connectivity index (χ2v) is 9.34. The Kier molecular flexibility index (Phi) is 8.71. The molecule has 0 saturated heterocycles. The Morgan fingerprint density at radius 2 is 1.60 bits per heavy atom. The molecule has 0 amide bonds. The zero-order valence-corrected chi connectivity index (χ0v) is 18.4. The van der Waals surface area contributed by atoms with Gasteiger partial charge in [0, 0.05) is 0 Å². The number of benzene rings is 1. The zero-order valence-electron chi connectivity index (χ0n) is 18.4. The number of rotatable bonds is 10. The average molecular weight is 423 g/mol. The van der Waals surface area contributed by atoms with Gasteiger partial charge >= 0.3 is 6.36 Å². The fourth-order valence-electron chi connectivity index (χ4n) is 5.16. The number of unbranched alkanes of at least 4 members (excludes halogenated alkanes) is 4. The van der Waals surface area contributed by atoms with E-state index < -0.39 is 6.36 Å². The molecule has 30 heavy (non-hydrogen) atoms. The molecule has 4 heteroatoms. The summed E-state index contributed by atoms with van der Waals surface area (Å²) < 4.78 is 41.3. The highest BCUT2D eigenvalue weighted by Crippen LogP contribution is 2.37. The molecule has 1 aromatic rings. The van der Waals surface area contributed by atoms with Crippen LogP contribution in [0.2, 0.25) is 0 Å². The number of hydrogen-bond donors (Lipinski definition) is 0. The molecule has 1 fully saturated rings. The summed E-state index contributed by atoms with van der Waals surface area (Å²) in [7, 11) is 0. The van der Waals surface area contributed by atoms with Crippen molar-refractivity contribution in [3.05, 3.63) is 34.9 Å². The summed E-state index contributed by atoms with van der Waals surface area (Å²) in [5.74, 6) is 1.70. The van der Waals surface area contributed by atoms with Gasteiger partial charge in [0.25, 0.3) is 0 Å². The molecule has 0 spiro atoms. The van der Waals surface area contributed by atoms with Crippen molar-refractivity contribution in [2.45, 2.75) is 103 Å². The first kappa shape index (κ1) is 23.2. The van der Waals surface area contributed by atoms with Crippen LogP contribution in [0.3, 0.4) is 0 Å². The van der Waals surface area contributed by atoms with Crippen molar-refractivity contribution >= 4 is 6.08 Å². The van der Waals surface area contributed by atoms with E-state index in [0.29, 0.717) is 0 Å². The van der Waals surface area contributed by atoms with Crippen molar-refractivity contribution in [2.24, 2.45) is 11.8 Å². The van der Waals surface area contributed by atoms with Gasteiger partial charge < -0.3 is 4.74 Å². The summed E-state index contributed by atoms with van der Waals surface area (Å²) in [5.41, 5.74) is 3.46. The van der Waals surface area contributed by atoms with E-state index in [1.54, 1.807) is 12.1 Å². The van der Waals surface area contributed by atoms with Crippen molar-refractivity contribution < 1.29 is 17.9 Å². The molecule has 0 radical (unpaired) electrons. The highest BCUT2D eigenvalue weighted by atomic mass is 19.4. The molecule has 1 nitrogen and oxygen atoms in total. The average Bonchev–Trinajstić information content (AvgIpc) is 2.72. The Labute approximate surface area is 180 Å². The van der Waals surface area contributed by atoms with Crippen molar-refractivity contribution in [3.8, 4) is 5.75 Å². The first-order chi connectivity index (χ1) is 14.4. The molecule has 0 N–H and O–H groups in total. The van der Waals surface area contributed by atoms with Crippen LogP contribution in [0, 0.1) is 11.8 Å². The Morgan fingerprint density at radius 3 is 2.30 bits per heavy atom. The Hall–Kier alpha value is -1.45. The second kappa shape index (κ2) is 11.2. The minimum Gasteiger partial charge on any atom is -0.406 e. The Balaban J connectivity index is 1.39. The molecule has 0 aliphatic heterocycles. The lowest BCUT2D eigenvalue weighted by Gasteiger charge is -2.29. The number of hydrogen-bond acceptors (Lipinski definition) is 1. The van der Waals surface area contributed by atoms with Crippen LogP contribution in [0.25, 0.3) is 6.08 Å². The predicted octanol–water partition coefficient (Wildman–Crippen LogP) is 8.86. The van der Waals surface area contributed by atoms with Gasteiger partial charge in [-0.25, -0.2) is 0 Å². The maximum Gasteiger partial charge on any atom is 0.573 e.